The topological polar surface area (TPSA) is 102 Å². The predicted octanol–water partition coefficient (Wildman–Crippen LogP) is 1.15. The van der Waals surface area contributed by atoms with Gasteiger partial charge in [0.25, 0.3) is 0 Å². The Hall–Kier alpha value is -0.860. The SMILES string of the molecule is [CH2]COCCOCCOCCOCCOCCOCCOCCOCCOCCOCCOC=C. The third-order valence-electron chi connectivity index (χ3n) is 3.96. The van der Waals surface area contributed by atoms with E-state index in [1.54, 1.807) is 0 Å². The molecule has 0 aromatic rings. The zero-order valence-corrected chi connectivity index (χ0v) is 21.3. The van der Waals surface area contributed by atoms with E-state index in [1.165, 1.54) is 6.26 Å². The molecule has 0 atom stereocenters. The molecule has 209 valence electrons. The number of ether oxygens (including phenoxy) is 11. The Balaban J connectivity index is 3.00. The zero-order chi connectivity index (χ0) is 25.3. The first kappa shape index (κ1) is 34.1. The molecule has 35 heavy (non-hydrogen) atoms. The van der Waals surface area contributed by atoms with Crippen LogP contribution < -0.4 is 0 Å². The summed E-state index contributed by atoms with van der Waals surface area (Å²) < 4.78 is 58.5. The molecule has 0 amide bonds. The molecule has 0 saturated carbocycles. The maximum Gasteiger partial charge on any atom is 0.111 e. The first-order valence-corrected chi connectivity index (χ1v) is 12.2. The van der Waals surface area contributed by atoms with E-state index in [0.717, 1.165) is 0 Å². The van der Waals surface area contributed by atoms with E-state index in [0.29, 0.717) is 139 Å². The Labute approximate surface area is 211 Å². The second kappa shape index (κ2) is 33.1. The highest BCUT2D eigenvalue weighted by Gasteiger charge is 1.95. The van der Waals surface area contributed by atoms with Crippen LogP contribution in [0.2, 0.25) is 0 Å². The molecule has 0 aromatic heterocycles. The highest BCUT2D eigenvalue weighted by molar-refractivity contribution is 4.47. The standard InChI is InChI=1S/C24H47O11/c1-3-25-5-7-27-9-11-29-13-15-31-17-19-33-21-23-35-24-22-34-20-18-32-16-14-30-12-10-28-8-6-26-4-2/h3H,1-2,4-24H2. The molecule has 0 spiro atoms. The van der Waals surface area contributed by atoms with Crippen molar-refractivity contribution in [3.8, 4) is 0 Å². The zero-order valence-electron chi connectivity index (χ0n) is 21.3. The van der Waals surface area contributed by atoms with Crippen molar-refractivity contribution in [1.29, 1.82) is 0 Å². The highest BCUT2D eigenvalue weighted by Crippen LogP contribution is 1.86. The summed E-state index contributed by atoms with van der Waals surface area (Å²) in [5.74, 6) is 0. The van der Waals surface area contributed by atoms with Crippen LogP contribution in [0.5, 0.6) is 0 Å². The fourth-order valence-electron chi connectivity index (χ4n) is 2.27. The normalized spacial score (nSPS) is 11.2. The van der Waals surface area contributed by atoms with Gasteiger partial charge >= 0.3 is 0 Å². The summed E-state index contributed by atoms with van der Waals surface area (Å²) in [7, 11) is 0. The molecule has 0 N–H and O–H groups in total. The van der Waals surface area contributed by atoms with Crippen LogP contribution >= 0.6 is 0 Å². The third kappa shape index (κ3) is 33.1. The van der Waals surface area contributed by atoms with Gasteiger partial charge in [0.15, 0.2) is 0 Å². The van der Waals surface area contributed by atoms with Crippen LogP contribution in [0, 0.1) is 6.92 Å². The lowest BCUT2D eigenvalue weighted by Gasteiger charge is -2.09. The van der Waals surface area contributed by atoms with Crippen molar-refractivity contribution in [1.82, 2.24) is 0 Å². The van der Waals surface area contributed by atoms with Crippen LogP contribution in [0.4, 0.5) is 0 Å². The maximum absolute atomic E-state index is 5.44. The van der Waals surface area contributed by atoms with E-state index in [9.17, 15) is 0 Å². The first-order chi connectivity index (χ1) is 17.4. The lowest BCUT2D eigenvalue weighted by Crippen LogP contribution is -2.15. The third-order valence-corrected chi connectivity index (χ3v) is 3.96. The molecule has 0 fully saturated rings. The van der Waals surface area contributed by atoms with Gasteiger partial charge < -0.3 is 52.1 Å². The minimum absolute atomic E-state index is 0.462. The van der Waals surface area contributed by atoms with Gasteiger partial charge in [-0.25, -0.2) is 0 Å². The molecule has 0 aliphatic heterocycles. The summed E-state index contributed by atoms with van der Waals surface area (Å²) in [6.45, 7) is 18.1. The van der Waals surface area contributed by atoms with Crippen LogP contribution in [-0.4, -0.2) is 139 Å². The Bertz CT molecular complexity index is 388. The summed E-state index contributed by atoms with van der Waals surface area (Å²) in [5, 5.41) is 0. The van der Waals surface area contributed by atoms with Gasteiger partial charge in [-0.05, 0) is 6.92 Å². The molecule has 11 nitrogen and oxygen atoms in total. The number of rotatable bonds is 32. The molecule has 0 heterocycles. The molecule has 0 aliphatic rings. The van der Waals surface area contributed by atoms with Crippen LogP contribution in [-0.2, 0) is 52.1 Å². The minimum atomic E-state index is 0.462. The number of hydrogen-bond donors (Lipinski definition) is 0. The van der Waals surface area contributed by atoms with E-state index in [-0.39, 0.29) is 0 Å². The quantitative estimate of drug-likeness (QED) is 0.0960. The fourth-order valence-corrected chi connectivity index (χ4v) is 2.27. The Kier molecular flexibility index (Phi) is 32.3. The van der Waals surface area contributed by atoms with Gasteiger partial charge in [0.1, 0.15) is 6.61 Å². The summed E-state index contributed by atoms with van der Waals surface area (Å²) in [6, 6.07) is 0. The average Bonchev–Trinajstić information content (AvgIpc) is 2.87. The Morgan fingerprint density at radius 2 is 0.514 bits per heavy atom. The van der Waals surface area contributed by atoms with Gasteiger partial charge in [0, 0.05) is 6.61 Å². The summed E-state index contributed by atoms with van der Waals surface area (Å²) in [5.41, 5.74) is 0. The second-order valence-electron chi connectivity index (χ2n) is 6.66. The summed E-state index contributed by atoms with van der Waals surface area (Å²) >= 11 is 0. The van der Waals surface area contributed by atoms with E-state index >= 15 is 0 Å². The van der Waals surface area contributed by atoms with E-state index in [1.807, 2.05) is 0 Å². The summed E-state index contributed by atoms with van der Waals surface area (Å²) in [6.07, 6.45) is 1.40. The average molecular weight is 512 g/mol. The predicted molar refractivity (Wildman–Crippen MR) is 130 cm³/mol. The number of hydrogen-bond acceptors (Lipinski definition) is 11. The smallest absolute Gasteiger partial charge is 0.111 e. The molecule has 0 bridgehead atoms. The molecule has 0 saturated heterocycles. The molecule has 0 aliphatic carbocycles. The fraction of sp³-hybridized carbons (Fsp3) is 0.875. The Morgan fingerprint density at radius 3 is 0.714 bits per heavy atom. The van der Waals surface area contributed by atoms with E-state index in [2.05, 4.69) is 13.5 Å². The minimum Gasteiger partial charge on any atom is -0.499 e. The summed E-state index contributed by atoms with van der Waals surface area (Å²) in [4.78, 5) is 0. The molecule has 0 aromatic carbocycles. The van der Waals surface area contributed by atoms with Crippen LogP contribution in [0.1, 0.15) is 0 Å². The van der Waals surface area contributed by atoms with Crippen molar-refractivity contribution < 1.29 is 52.1 Å². The van der Waals surface area contributed by atoms with Gasteiger partial charge in [0.05, 0.1) is 132 Å². The van der Waals surface area contributed by atoms with Gasteiger partial charge in [0.2, 0.25) is 0 Å². The van der Waals surface area contributed by atoms with Crippen molar-refractivity contribution in [2.24, 2.45) is 0 Å². The van der Waals surface area contributed by atoms with E-state index < -0.39 is 0 Å². The van der Waals surface area contributed by atoms with E-state index in [4.69, 9.17) is 52.1 Å². The maximum atomic E-state index is 5.44. The van der Waals surface area contributed by atoms with Gasteiger partial charge in [-0.1, -0.05) is 6.58 Å². The second-order valence-corrected chi connectivity index (χ2v) is 6.66. The molecular weight excluding hydrogens is 464 g/mol. The van der Waals surface area contributed by atoms with Crippen molar-refractivity contribution in [3.05, 3.63) is 19.8 Å². The van der Waals surface area contributed by atoms with Crippen LogP contribution in [0.15, 0.2) is 12.8 Å². The van der Waals surface area contributed by atoms with Crippen LogP contribution in [0.3, 0.4) is 0 Å². The van der Waals surface area contributed by atoms with Crippen molar-refractivity contribution >= 4 is 0 Å². The Morgan fingerprint density at radius 1 is 0.314 bits per heavy atom. The molecule has 0 unspecified atom stereocenters. The van der Waals surface area contributed by atoms with Gasteiger partial charge in [-0.15, -0.1) is 0 Å². The molecule has 0 rings (SSSR count). The lowest BCUT2D eigenvalue weighted by molar-refractivity contribution is -0.0266. The molecule has 1 radical (unpaired) electrons. The molecular formula is C24H47O11. The van der Waals surface area contributed by atoms with Crippen molar-refractivity contribution in [2.75, 3.05) is 139 Å². The first-order valence-electron chi connectivity index (χ1n) is 12.2. The van der Waals surface area contributed by atoms with Gasteiger partial charge in [-0.2, -0.15) is 0 Å². The van der Waals surface area contributed by atoms with Crippen molar-refractivity contribution in [3.63, 3.8) is 0 Å². The van der Waals surface area contributed by atoms with Gasteiger partial charge in [-0.3, -0.25) is 0 Å². The largest absolute Gasteiger partial charge is 0.499 e. The van der Waals surface area contributed by atoms with Crippen molar-refractivity contribution in [2.45, 2.75) is 0 Å². The highest BCUT2D eigenvalue weighted by atomic mass is 16.6. The van der Waals surface area contributed by atoms with Crippen LogP contribution in [0.25, 0.3) is 0 Å². The molecule has 11 heteroatoms. The lowest BCUT2D eigenvalue weighted by atomic mass is 10.6. The monoisotopic (exact) mass is 511 g/mol.